The summed E-state index contributed by atoms with van der Waals surface area (Å²) in [4.78, 5) is 29.1. The maximum Gasteiger partial charge on any atom is 0.227 e. The lowest BCUT2D eigenvalue weighted by Crippen LogP contribution is -2.39. The van der Waals surface area contributed by atoms with Crippen molar-refractivity contribution in [1.29, 1.82) is 0 Å². The molecule has 2 fully saturated rings. The largest absolute Gasteiger partial charge is 0.349 e. The molecule has 0 N–H and O–H groups in total. The van der Waals surface area contributed by atoms with Gasteiger partial charge in [0.25, 0.3) is 0 Å². The van der Waals surface area contributed by atoms with E-state index in [0.717, 1.165) is 32.2 Å². The van der Waals surface area contributed by atoms with E-state index in [1.54, 1.807) is 4.90 Å². The highest BCUT2D eigenvalue weighted by Gasteiger charge is 2.52. The molecule has 0 radical (unpaired) electrons. The lowest BCUT2D eigenvalue weighted by Gasteiger charge is -2.30. The predicted molar refractivity (Wildman–Crippen MR) is 99.0 cm³/mol. The molecule has 4 heteroatoms. The van der Waals surface area contributed by atoms with Gasteiger partial charge in [-0.1, -0.05) is 43.2 Å². The van der Waals surface area contributed by atoms with Gasteiger partial charge < -0.3 is 9.80 Å². The monoisotopic (exact) mass is 342 g/mol. The van der Waals surface area contributed by atoms with Crippen LogP contribution in [0.15, 0.2) is 30.3 Å². The number of hydrogen-bond donors (Lipinski definition) is 0. The minimum atomic E-state index is -0.0110. The number of amides is 2. The molecule has 1 aliphatic heterocycles. The van der Waals surface area contributed by atoms with E-state index in [9.17, 15) is 9.59 Å². The summed E-state index contributed by atoms with van der Waals surface area (Å²) in [6.45, 7) is 1.39. The highest BCUT2D eigenvalue weighted by molar-refractivity contribution is 5.83. The van der Waals surface area contributed by atoms with E-state index >= 15 is 0 Å². The Kier molecular flexibility index (Phi) is 5.45. The van der Waals surface area contributed by atoms with Gasteiger partial charge in [-0.15, -0.1) is 0 Å². The van der Waals surface area contributed by atoms with Crippen LogP contribution in [0.1, 0.15) is 44.1 Å². The maximum absolute atomic E-state index is 12.7. The number of benzene rings is 1. The molecule has 0 aromatic heterocycles. The molecule has 1 spiro atoms. The Morgan fingerprint density at radius 3 is 2.48 bits per heavy atom. The second kappa shape index (κ2) is 7.59. The molecule has 1 unspecified atom stereocenters. The van der Waals surface area contributed by atoms with Crippen LogP contribution in [0, 0.1) is 11.3 Å². The Morgan fingerprint density at radius 2 is 1.84 bits per heavy atom. The second-order valence-corrected chi connectivity index (χ2v) is 7.97. The lowest BCUT2D eigenvalue weighted by atomic mass is 9.76. The summed E-state index contributed by atoms with van der Waals surface area (Å²) in [6, 6.07) is 10.3. The van der Waals surface area contributed by atoms with Gasteiger partial charge in [-0.25, -0.2) is 0 Å². The van der Waals surface area contributed by atoms with Crippen molar-refractivity contribution in [2.75, 3.05) is 27.2 Å². The molecule has 136 valence electrons. The highest BCUT2D eigenvalue weighted by atomic mass is 16.2. The van der Waals surface area contributed by atoms with Crippen molar-refractivity contribution in [2.24, 2.45) is 11.3 Å². The van der Waals surface area contributed by atoms with Crippen molar-refractivity contribution in [3.05, 3.63) is 35.9 Å². The summed E-state index contributed by atoms with van der Waals surface area (Å²) in [6.07, 6.45) is 6.94. The zero-order valence-corrected chi connectivity index (χ0v) is 15.5. The molecule has 1 aromatic carbocycles. The summed E-state index contributed by atoms with van der Waals surface area (Å²) >= 11 is 0. The van der Waals surface area contributed by atoms with Crippen molar-refractivity contribution in [3.8, 4) is 0 Å². The molecular weight excluding hydrogens is 312 g/mol. The Labute approximate surface area is 151 Å². The molecule has 3 rings (SSSR count). The van der Waals surface area contributed by atoms with Crippen LogP contribution in [0.4, 0.5) is 0 Å². The summed E-state index contributed by atoms with van der Waals surface area (Å²) < 4.78 is 0. The van der Waals surface area contributed by atoms with Gasteiger partial charge in [0.2, 0.25) is 11.8 Å². The summed E-state index contributed by atoms with van der Waals surface area (Å²) in [7, 11) is 3.66. The molecule has 1 saturated carbocycles. The third kappa shape index (κ3) is 3.88. The molecule has 1 saturated heterocycles. The normalized spacial score (nSPS) is 21.7. The first-order chi connectivity index (χ1) is 12.0. The first-order valence-corrected chi connectivity index (χ1v) is 9.55. The number of likely N-dealkylation sites (tertiary alicyclic amines) is 1. The van der Waals surface area contributed by atoms with Crippen molar-refractivity contribution in [1.82, 2.24) is 9.80 Å². The van der Waals surface area contributed by atoms with Gasteiger partial charge in [-0.05, 0) is 31.2 Å². The fourth-order valence-corrected chi connectivity index (χ4v) is 4.64. The number of hydrogen-bond acceptors (Lipinski definition) is 2. The van der Waals surface area contributed by atoms with Crippen molar-refractivity contribution < 1.29 is 9.59 Å². The third-order valence-electron chi connectivity index (χ3n) is 6.04. The van der Waals surface area contributed by atoms with Crippen LogP contribution in [-0.2, 0) is 16.0 Å². The van der Waals surface area contributed by atoms with Crippen LogP contribution in [0.2, 0.25) is 0 Å². The SMILES string of the molecule is CN(C)C(=O)C1CN(C(=O)CCCc2ccccc2)CC12CCCC2. The number of carbonyl (C=O) groups is 2. The fourth-order valence-electron chi connectivity index (χ4n) is 4.64. The van der Waals surface area contributed by atoms with Crippen LogP contribution in [-0.4, -0.2) is 48.8 Å². The lowest BCUT2D eigenvalue weighted by molar-refractivity contribution is -0.135. The minimum absolute atomic E-state index is 0.0110. The van der Waals surface area contributed by atoms with Crippen LogP contribution in [0.3, 0.4) is 0 Å². The molecule has 1 aliphatic carbocycles. The van der Waals surface area contributed by atoms with Crippen LogP contribution in [0.25, 0.3) is 0 Å². The van der Waals surface area contributed by atoms with Crippen LogP contribution < -0.4 is 0 Å². The number of nitrogens with zero attached hydrogens (tertiary/aromatic N) is 2. The topological polar surface area (TPSA) is 40.6 Å². The van der Waals surface area contributed by atoms with Gasteiger partial charge in [-0.3, -0.25) is 9.59 Å². The Morgan fingerprint density at radius 1 is 1.16 bits per heavy atom. The molecule has 1 atom stereocenters. The Bertz CT molecular complexity index is 606. The molecule has 2 aliphatic rings. The van der Waals surface area contributed by atoms with E-state index in [0.29, 0.717) is 13.0 Å². The van der Waals surface area contributed by atoms with Crippen LogP contribution >= 0.6 is 0 Å². The fraction of sp³-hybridized carbons (Fsp3) is 0.619. The van der Waals surface area contributed by atoms with E-state index < -0.39 is 0 Å². The first-order valence-electron chi connectivity index (χ1n) is 9.55. The van der Waals surface area contributed by atoms with Gasteiger partial charge in [0.15, 0.2) is 0 Å². The van der Waals surface area contributed by atoms with E-state index in [1.807, 2.05) is 37.2 Å². The van der Waals surface area contributed by atoms with Gasteiger partial charge in [0.05, 0.1) is 5.92 Å². The average Bonchev–Trinajstić information content (AvgIpc) is 3.23. The van der Waals surface area contributed by atoms with E-state index in [-0.39, 0.29) is 23.1 Å². The molecule has 0 bridgehead atoms. The predicted octanol–water partition coefficient (Wildman–Crippen LogP) is 3.12. The third-order valence-corrected chi connectivity index (χ3v) is 6.04. The number of aryl methyl sites for hydroxylation is 1. The average molecular weight is 342 g/mol. The molecule has 1 aromatic rings. The summed E-state index contributed by atoms with van der Waals surface area (Å²) in [5.41, 5.74) is 1.32. The Balaban J connectivity index is 1.59. The van der Waals surface area contributed by atoms with Crippen molar-refractivity contribution in [2.45, 2.75) is 44.9 Å². The Hall–Kier alpha value is -1.84. The number of carbonyl (C=O) groups excluding carboxylic acids is 2. The second-order valence-electron chi connectivity index (χ2n) is 7.97. The summed E-state index contributed by atoms with van der Waals surface area (Å²) in [5.74, 6) is 0.404. The van der Waals surface area contributed by atoms with Gasteiger partial charge in [0, 0.05) is 39.0 Å². The molecule has 25 heavy (non-hydrogen) atoms. The standard InChI is InChI=1S/C21H30N2O2/c1-22(2)20(25)18-15-23(16-21(18)13-6-7-14-21)19(24)12-8-11-17-9-4-3-5-10-17/h3-5,9-10,18H,6-8,11-16H2,1-2H3. The van der Waals surface area contributed by atoms with E-state index in [4.69, 9.17) is 0 Å². The molecular formula is C21H30N2O2. The molecule has 1 heterocycles. The smallest absolute Gasteiger partial charge is 0.227 e. The minimum Gasteiger partial charge on any atom is -0.349 e. The van der Waals surface area contributed by atoms with Gasteiger partial charge in [-0.2, -0.15) is 0 Å². The number of rotatable bonds is 5. The van der Waals surface area contributed by atoms with E-state index in [2.05, 4.69) is 12.1 Å². The van der Waals surface area contributed by atoms with Gasteiger partial charge >= 0.3 is 0 Å². The summed E-state index contributed by atoms with van der Waals surface area (Å²) in [5, 5.41) is 0. The van der Waals surface area contributed by atoms with Gasteiger partial charge in [0.1, 0.15) is 0 Å². The van der Waals surface area contributed by atoms with Crippen LogP contribution in [0.5, 0.6) is 0 Å². The van der Waals surface area contributed by atoms with E-state index in [1.165, 1.54) is 18.4 Å². The molecule has 4 nitrogen and oxygen atoms in total. The maximum atomic E-state index is 12.7. The zero-order valence-electron chi connectivity index (χ0n) is 15.5. The van der Waals surface area contributed by atoms with Crippen molar-refractivity contribution in [3.63, 3.8) is 0 Å². The quantitative estimate of drug-likeness (QED) is 0.825. The first kappa shape index (κ1) is 18.0. The highest BCUT2D eigenvalue weighted by Crippen LogP contribution is 2.49. The zero-order chi connectivity index (χ0) is 17.9. The van der Waals surface area contributed by atoms with Crippen molar-refractivity contribution >= 4 is 11.8 Å². The molecule has 2 amide bonds.